The molecule has 0 aromatic heterocycles. The molecule has 1 heterocycles. The molecule has 0 spiro atoms. The summed E-state index contributed by atoms with van der Waals surface area (Å²) in [6.07, 6.45) is 0.882. The molecule has 1 rings (SSSR count). The van der Waals surface area contributed by atoms with Gasteiger partial charge in [0, 0.05) is 0 Å². The average molecular weight is 185 g/mol. The summed E-state index contributed by atoms with van der Waals surface area (Å²) in [5, 5.41) is 3.28. The fraction of sp³-hybridized carbons (Fsp3) is 0.900. The van der Waals surface area contributed by atoms with Crippen LogP contribution in [0, 0.1) is 11.3 Å². The van der Waals surface area contributed by atoms with Crippen molar-refractivity contribution in [3.63, 3.8) is 0 Å². The van der Waals surface area contributed by atoms with Crippen molar-refractivity contribution in [2.45, 2.75) is 27.2 Å². The van der Waals surface area contributed by atoms with Crippen LogP contribution in [0.15, 0.2) is 0 Å². The number of nitrogens with one attached hydrogen (secondary N) is 1. The Morgan fingerprint density at radius 2 is 2.38 bits per heavy atom. The topological polar surface area (TPSA) is 38.3 Å². The van der Waals surface area contributed by atoms with Gasteiger partial charge >= 0.3 is 5.97 Å². The molecule has 0 aromatic rings. The van der Waals surface area contributed by atoms with Crippen LogP contribution < -0.4 is 5.32 Å². The summed E-state index contributed by atoms with van der Waals surface area (Å²) in [7, 11) is 0. The SMILES string of the molecule is CCOC(=O)[C@@]1(C)CCNCC1C. The van der Waals surface area contributed by atoms with Crippen molar-refractivity contribution in [3.05, 3.63) is 0 Å². The van der Waals surface area contributed by atoms with Crippen molar-refractivity contribution >= 4 is 5.97 Å². The van der Waals surface area contributed by atoms with E-state index >= 15 is 0 Å². The van der Waals surface area contributed by atoms with E-state index in [1.54, 1.807) is 0 Å². The van der Waals surface area contributed by atoms with E-state index in [-0.39, 0.29) is 11.4 Å². The van der Waals surface area contributed by atoms with Crippen molar-refractivity contribution in [2.75, 3.05) is 19.7 Å². The van der Waals surface area contributed by atoms with Gasteiger partial charge in [-0.1, -0.05) is 6.92 Å². The van der Waals surface area contributed by atoms with E-state index in [0.29, 0.717) is 12.5 Å². The van der Waals surface area contributed by atoms with Gasteiger partial charge in [0.2, 0.25) is 0 Å². The number of carbonyl (C=O) groups excluding carboxylic acids is 1. The molecule has 3 nitrogen and oxygen atoms in total. The van der Waals surface area contributed by atoms with E-state index in [2.05, 4.69) is 12.2 Å². The third-order valence-electron chi connectivity index (χ3n) is 3.10. The molecule has 0 amide bonds. The molecule has 1 fully saturated rings. The van der Waals surface area contributed by atoms with Crippen molar-refractivity contribution < 1.29 is 9.53 Å². The molecule has 0 aliphatic carbocycles. The maximum absolute atomic E-state index is 11.7. The molecule has 3 heteroatoms. The van der Waals surface area contributed by atoms with E-state index in [1.807, 2.05) is 13.8 Å². The number of hydrogen-bond acceptors (Lipinski definition) is 3. The van der Waals surface area contributed by atoms with Crippen LogP contribution in [-0.2, 0) is 9.53 Å². The van der Waals surface area contributed by atoms with Crippen LogP contribution in [0.1, 0.15) is 27.2 Å². The summed E-state index contributed by atoms with van der Waals surface area (Å²) in [5.74, 6) is 0.323. The lowest BCUT2D eigenvalue weighted by atomic mass is 9.73. The van der Waals surface area contributed by atoms with Crippen LogP contribution in [0.25, 0.3) is 0 Å². The van der Waals surface area contributed by atoms with Gasteiger partial charge in [-0.2, -0.15) is 0 Å². The second-order valence-electron chi connectivity index (χ2n) is 3.99. The first-order valence-corrected chi connectivity index (χ1v) is 4.99. The standard InChI is InChI=1S/C10H19NO2/c1-4-13-9(12)10(3)5-6-11-7-8(10)2/h8,11H,4-7H2,1-3H3/t8?,10-/m0/s1. The van der Waals surface area contributed by atoms with Crippen LogP contribution in [0.2, 0.25) is 0 Å². The highest BCUT2D eigenvalue weighted by Crippen LogP contribution is 2.34. The summed E-state index contributed by atoms with van der Waals surface area (Å²) in [6, 6.07) is 0. The minimum atomic E-state index is -0.277. The van der Waals surface area contributed by atoms with Gasteiger partial charge in [0.1, 0.15) is 0 Å². The molecular weight excluding hydrogens is 166 g/mol. The van der Waals surface area contributed by atoms with Gasteiger partial charge in [0.15, 0.2) is 0 Å². The van der Waals surface area contributed by atoms with Gasteiger partial charge < -0.3 is 10.1 Å². The fourth-order valence-electron chi connectivity index (χ4n) is 1.74. The highest BCUT2D eigenvalue weighted by Gasteiger charge is 2.41. The van der Waals surface area contributed by atoms with Gasteiger partial charge in [0.25, 0.3) is 0 Å². The third-order valence-corrected chi connectivity index (χ3v) is 3.10. The summed E-state index contributed by atoms with van der Waals surface area (Å²) >= 11 is 0. The van der Waals surface area contributed by atoms with Crippen LogP contribution in [0.4, 0.5) is 0 Å². The highest BCUT2D eigenvalue weighted by atomic mass is 16.5. The molecule has 0 bridgehead atoms. The van der Waals surface area contributed by atoms with Gasteiger partial charge in [-0.05, 0) is 39.3 Å². The number of esters is 1. The molecule has 0 radical (unpaired) electrons. The van der Waals surface area contributed by atoms with Crippen molar-refractivity contribution in [3.8, 4) is 0 Å². The fourth-order valence-corrected chi connectivity index (χ4v) is 1.74. The Kier molecular flexibility index (Phi) is 3.31. The normalized spacial score (nSPS) is 34.2. The molecule has 1 N–H and O–H groups in total. The number of piperidine rings is 1. The molecule has 1 saturated heterocycles. The molecule has 0 saturated carbocycles. The highest BCUT2D eigenvalue weighted by molar-refractivity contribution is 5.77. The zero-order chi connectivity index (χ0) is 9.90. The molecule has 76 valence electrons. The van der Waals surface area contributed by atoms with E-state index < -0.39 is 0 Å². The number of ether oxygens (including phenoxy) is 1. The van der Waals surface area contributed by atoms with Crippen LogP contribution in [0.3, 0.4) is 0 Å². The average Bonchev–Trinajstić information content (AvgIpc) is 2.11. The first-order chi connectivity index (χ1) is 6.11. The number of carbonyl (C=O) groups is 1. The van der Waals surface area contributed by atoms with Crippen LogP contribution >= 0.6 is 0 Å². The first-order valence-electron chi connectivity index (χ1n) is 4.99. The molecule has 1 aliphatic rings. The predicted molar refractivity (Wildman–Crippen MR) is 51.4 cm³/mol. The number of rotatable bonds is 2. The summed E-state index contributed by atoms with van der Waals surface area (Å²) < 4.78 is 5.09. The summed E-state index contributed by atoms with van der Waals surface area (Å²) in [5.41, 5.74) is -0.277. The van der Waals surface area contributed by atoms with Crippen molar-refractivity contribution in [1.82, 2.24) is 5.32 Å². The Morgan fingerprint density at radius 3 is 2.92 bits per heavy atom. The molecule has 1 aliphatic heterocycles. The van der Waals surface area contributed by atoms with Gasteiger partial charge in [-0.3, -0.25) is 4.79 Å². The maximum atomic E-state index is 11.7. The van der Waals surface area contributed by atoms with Gasteiger partial charge in [-0.15, -0.1) is 0 Å². The zero-order valence-corrected chi connectivity index (χ0v) is 8.72. The van der Waals surface area contributed by atoms with Crippen molar-refractivity contribution in [2.24, 2.45) is 11.3 Å². The lowest BCUT2D eigenvalue weighted by Gasteiger charge is -2.37. The lowest BCUT2D eigenvalue weighted by Crippen LogP contribution is -2.47. The Balaban J connectivity index is 2.65. The smallest absolute Gasteiger partial charge is 0.312 e. The molecule has 1 unspecified atom stereocenters. The van der Waals surface area contributed by atoms with E-state index in [4.69, 9.17) is 4.74 Å². The summed E-state index contributed by atoms with van der Waals surface area (Å²) in [6.45, 7) is 8.27. The minimum absolute atomic E-state index is 0.0380. The second kappa shape index (κ2) is 4.09. The largest absolute Gasteiger partial charge is 0.466 e. The molecule has 2 atom stereocenters. The van der Waals surface area contributed by atoms with Crippen LogP contribution in [0.5, 0.6) is 0 Å². The second-order valence-corrected chi connectivity index (χ2v) is 3.99. The third kappa shape index (κ3) is 2.02. The van der Waals surface area contributed by atoms with E-state index in [0.717, 1.165) is 19.5 Å². The summed E-state index contributed by atoms with van der Waals surface area (Å²) in [4.78, 5) is 11.7. The van der Waals surface area contributed by atoms with E-state index in [9.17, 15) is 4.79 Å². The molecule has 0 aromatic carbocycles. The number of hydrogen-bond donors (Lipinski definition) is 1. The van der Waals surface area contributed by atoms with E-state index in [1.165, 1.54) is 0 Å². The Hall–Kier alpha value is -0.570. The first kappa shape index (κ1) is 10.5. The predicted octanol–water partition coefficient (Wildman–Crippen LogP) is 1.19. The Labute approximate surface area is 79.8 Å². The van der Waals surface area contributed by atoms with Gasteiger partial charge in [0.05, 0.1) is 12.0 Å². The maximum Gasteiger partial charge on any atom is 0.312 e. The molecule has 13 heavy (non-hydrogen) atoms. The zero-order valence-electron chi connectivity index (χ0n) is 8.72. The Bertz CT molecular complexity index is 193. The lowest BCUT2D eigenvalue weighted by molar-refractivity contribution is -0.159. The van der Waals surface area contributed by atoms with Gasteiger partial charge in [-0.25, -0.2) is 0 Å². The Morgan fingerprint density at radius 1 is 1.69 bits per heavy atom. The van der Waals surface area contributed by atoms with Crippen molar-refractivity contribution in [1.29, 1.82) is 0 Å². The quantitative estimate of drug-likeness (QED) is 0.657. The molecular formula is C10H19NO2. The van der Waals surface area contributed by atoms with Crippen LogP contribution in [-0.4, -0.2) is 25.7 Å². The monoisotopic (exact) mass is 185 g/mol. The minimum Gasteiger partial charge on any atom is -0.466 e.